The zero-order chi connectivity index (χ0) is 14.9. The molecule has 0 radical (unpaired) electrons. The molecule has 2 heterocycles. The second-order valence-corrected chi connectivity index (χ2v) is 7.33. The average molecular weight is 312 g/mol. The lowest BCUT2D eigenvalue weighted by Gasteiger charge is -2.31. The van der Waals surface area contributed by atoms with Crippen LogP contribution in [0.1, 0.15) is 12.8 Å². The van der Waals surface area contributed by atoms with Crippen molar-refractivity contribution in [2.75, 3.05) is 26.2 Å². The summed E-state index contributed by atoms with van der Waals surface area (Å²) in [4.78, 5) is 0.295. The molecule has 2 saturated heterocycles. The quantitative estimate of drug-likeness (QED) is 0.860. The number of ether oxygens (including phenoxy) is 2. The van der Waals surface area contributed by atoms with Crippen molar-refractivity contribution in [1.29, 1.82) is 0 Å². The molecule has 0 amide bonds. The van der Waals surface area contributed by atoms with Crippen molar-refractivity contribution in [2.24, 2.45) is 5.73 Å². The van der Waals surface area contributed by atoms with Crippen molar-refractivity contribution in [1.82, 2.24) is 4.31 Å². The molecule has 2 bridgehead atoms. The SMILES string of the molecule is NCCOc1ccc(S(=O)(=O)N2CC3CCC(C2)O3)cc1. The number of benzene rings is 1. The molecule has 0 saturated carbocycles. The first-order chi connectivity index (χ1) is 10.1. The van der Waals surface area contributed by atoms with Gasteiger partial charge < -0.3 is 15.2 Å². The van der Waals surface area contributed by atoms with Crippen molar-refractivity contribution < 1.29 is 17.9 Å². The van der Waals surface area contributed by atoms with E-state index in [0.29, 0.717) is 36.9 Å². The Hall–Kier alpha value is -1.15. The van der Waals surface area contributed by atoms with E-state index < -0.39 is 10.0 Å². The van der Waals surface area contributed by atoms with Crippen LogP contribution >= 0.6 is 0 Å². The molecule has 7 heteroatoms. The minimum Gasteiger partial charge on any atom is -0.492 e. The summed E-state index contributed by atoms with van der Waals surface area (Å²) < 4.78 is 37.9. The van der Waals surface area contributed by atoms with Crippen molar-refractivity contribution in [2.45, 2.75) is 29.9 Å². The molecule has 2 fully saturated rings. The van der Waals surface area contributed by atoms with Crippen LogP contribution in [-0.4, -0.2) is 51.2 Å². The molecule has 0 spiro atoms. The highest BCUT2D eigenvalue weighted by Gasteiger charge is 2.39. The van der Waals surface area contributed by atoms with Crippen LogP contribution < -0.4 is 10.5 Å². The van der Waals surface area contributed by atoms with Crippen LogP contribution in [0.25, 0.3) is 0 Å². The van der Waals surface area contributed by atoms with Gasteiger partial charge in [0.1, 0.15) is 12.4 Å². The first-order valence-corrected chi connectivity index (χ1v) is 8.62. The Morgan fingerprint density at radius 3 is 2.38 bits per heavy atom. The van der Waals surface area contributed by atoms with Crippen molar-refractivity contribution in [3.05, 3.63) is 24.3 Å². The van der Waals surface area contributed by atoms with E-state index in [-0.39, 0.29) is 12.2 Å². The van der Waals surface area contributed by atoms with Crippen LogP contribution in [0.4, 0.5) is 0 Å². The average Bonchev–Trinajstić information content (AvgIpc) is 2.83. The van der Waals surface area contributed by atoms with E-state index in [2.05, 4.69) is 0 Å². The summed E-state index contributed by atoms with van der Waals surface area (Å²) in [7, 11) is -3.45. The highest BCUT2D eigenvalue weighted by atomic mass is 32.2. The minimum absolute atomic E-state index is 0.0469. The molecular formula is C14H20N2O4S. The van der Waals surface area contributed by atoms with Crippen LogP contribution in [0.5, 0.6) is 5.75 Å². The van der Waals surface area contributed by atoms with Gasteiger partial charge in [-0.05, 0) is 37.1 Å². The minimum atomic E-state index is -3.45. The number of hydrogen-bond acceptors (Lipinski definition) is 5. The van der Waals surface area contributed by atoms with Gasteiger partial charge in [-0.2, -0.15) is 4.31 Å². The maximum atomic E-state index is 12.6. The number of fused-ring (bicyclic) bond motifs is 2. The largest absolute Gasteiger partial charge is 0.492 e. The first kappa shape index (κ1) is 14.8. The third-order valence-electron chi connectivity index (χ3n) is 3.86. The summed E-state index contributed by atoms with van der Waals surface area (Å²) in [6.45, 7) is 1.74. The molecule has 0 aromatic heterocycles. The summed E-state index contributed by atoms with van der Waals surface area (Å²) in [5, 5.41) is 0. The van der Waals surface area contributed by atoms with Gasteiger partial charge in [0, 0.05) is 19.6 Å². The zero-order valence-corrected chi connectivity index (χ0v) is 12.6. The molecule has 0 aliphatic carbocycles. The van der Waals surface area contributed by atoms with E-state index in [4.69, 9.17) is 15.2 Å². The van der Waals surface area contributed by atoms with E-state index in [9.17, 15) is 8.42 Å². The van der Waals surface area contributed by atoms with Gasteiger partial charge in [-0.3, -0.25) is 0 Å². The van der Waals surface area contributed by atoms with Gasteiger partial charge >= 0.3 is 0 Å². The lowest BCUT2D eigenvalue weighted by atomic mass is 10.2. The fourth-order valence-corrected chi connectivity index (χ4v) is 4.31. The second-order valence-electron chi connectivity index (χ2n) is 5.39. The smallest absolute Gasteiger partial charge is 0.243 e. The van der Waals surface area contributed by atoms with Gasteiger partial charge in [-0.25, -0.2) is 8.42 Å². The number of nitrogens with two attached hydrogens (primary N) is 1. The predicted molar refractivity (Wildman–Crippen MR) is 77.6 cm³/mol. The van der Waals surface area contributed by atoms with Gasteiger partial charge in [0.2, 0.25) is 10.0 Å². The van der Waals surface area contributed by atoms with E-state index in [1.807, 2.05) is 0 Å². The molecule has 116 valence electrons. The summed E-state index contributed by atoms with van der Waals surface area (Å²) >= 11 is 0. The van der Waals surface area contributed by atoms with Crippen LogP contribution in [0.3, 0.4) is 0 Å². The lowest BCUT2D eigenvalue weighted by molar-refractivity contribution is -0.0114. The third-order valence-corrected chi connectivity index (χ3v) is 5.70. The van der Waals surface area contributed by atoms with Crippen LogP contribution in [-0.2, 0) is 14.8 Å². The Bertz CT molecular complexity index is 575. The monoisotopic (exact) mass is 312 g/mol. The molecule has 2 N–H and O–H groups in total. The summed E-state index contributed by atoms with van der Waals surface area (Å²) in [5.74, 6) is 0.626. The fraction of sp³-hybridized carbons (Fsp3) is 0.571. The van der Waals surface area contributed by atoms with E-state index in [1.54, 1.807) is 24.3 Å². The Labute approximate surface area is 124 Å². The zero-order valence-electron chi connectivity index (χ0n) is 11.8. The predicted octanol–water partition coefficient (Wildman–Crippen LogP) is 0.576. The molecule has 2 unspecified atom stereocenters. The standard InChI is InChI=1S/C14H20N2O4S/c15-7-8-19-11-3-5-14(6-4-11)21(17,18)16-9-12-1-2-13(10-16)20-12/h3-6,12-13H,1-2,7-10,15H2. The Kier molecular flexibility index (Phi) is 4.17. The summed E-state index contributed by atoms with van der Waals surface area (Å²) in [6, 6.07) is 6.49. The third kappa shape index (κ3) is 3.06. The summed E-state index contributed by atoms with van der Waals surface area (Å²) in [6.07, 6.45) is 1.99. The van der Waals surface area contributed by atoms with Gasteiger partial charge in [-0.15, -0.1) is 0 Å². The Balaban J connectivity index is 1.75. The maximum Gasteiger partial charge on any atom is 0.243 e. The van der Waals surface area contributed by atoms with Crippen LogP contribution in [0.2, 0.25) is 0 Å². The van der Waals surface area contributed by atoms with E-state index >= 15 is 0 Å². The highest BCUT2D eigenvalue weighted by molar-refractivity contribution is 7.89. The summed E-state index contributed by atoms with van der Waals surface area (Å²) in [5.41, 5.74) is 5.37. The molecule has 2 aliphatic rings. The Morgan fingerprint density at radius 1 is 1.19 bits per heavy atom. The fourth-order valence-electron chi connectivity index (χ4n) is 2.81. The lowest BCUT2D eigenvalue weighted by Crippen LogP contribution is -2.45. The Morgan fingerprint density at radius 2 is 1.81 bits per heavy atom. The first-order valence-electron chi connectivity index (χ1n) is 7.18. The second kappa shape index (κ2) is 5.92. The van der Waals surface area contributed by atoms with Crippen molar-refractivity contribution in [3.8, 4) is 5.75 Å². The number of rotatable bonds is 5. The molecule has 6 nitrogen and oxygen atoms in total. The molecule has 1 aromatic rings. The molecule has 3 rings (SSSR count). The maximum absolute atomic E-state index is 12.6. The highest BCUT2D eigenvalue weighted by Crippen LogP contribution is 2.30. The van der Waals surface area contributed by atoms with Crippen molar-refractivity contribution in [3.63, 3.8) is 0 Å². The van der Waals surface area contributed by atoms with Gasteiger partial charge in [0.05, 0.1) is 17.1 Å². The molecule has 2 aliphatic heterocycles. The van der Waals surface area contributed by atoms with Crippen molar-refractivity contribution >= 4 is 10.0 Å². The number of nitrogens with zero attached hydrogens (tertiary/aromatic N) is 1. The number of sulfonamides is 1. The molecule has 21 heavy (non-hydrogen) atoms. The van der Waals surface area contributed by atoms with Gasteiger partial charge in [0.15, 0.2) is 0 Å². The van der Waals surface area contributed by atoms with Crippen LogP contribution in [0, 0.1) is 0 Å². The molecular weight excluding hydrogens is 292 g/mol. The number of hydrogen-bond donors (Lipinski definition) is 1. The number of morpholine rings is 1. The normalized spacial score (nSPS) is 26.0. The van der Waals surface area contributed by atoms with Gasteiger partial charge in [0.25, 0.3) is 0 Å². The molecule has 2 atom stereocenters. The van der Waals surface area contributed by atoms with E-state index in [0.717, 1.165) is 12.8 Å². The van der Waals surface area contributed by atoms with E-state index in [1.165, 1.54) is 4.31 Å². The molecule has 1 aromatic carbocycles. The van der Waals surface area contributed by atoms with Gasteiger partial charge in [-0.1, -0.05) is 0 Å². The van der Waals surface area contributed by atoms with Crippen LogP contribution in [0.15, 0.2) is 29.2 Å². The topological polar surface area (TPSA) is 81.9 Å².